The van der Waals surface area contributed by atoms with Crippen molar-refractivity contribution in [3.63, 3.8) is 0 Å². The van der Waals surface area contributed by atoms with E-state index in [1.807, 2.05) is 0 Å². The largest absolute Gasteiger partial charge is 0.384 e. The van der Waals surface area contributed by atoms with E-state index in [1.54, 1.807) is 7.11 Å². The van der Waals surface area contributed by atoms with Gasteiger partial charge < -0.3 is 4.74 Å². The van der Waals surface area contributed by atoms with Gasteiger partial charge in [-0.3, -0.25) is 0 Å². The Bertz CT molecular complexity index is 504. The Morgan fingerprint density at radius 3 is 2.94 bits per heavy atom. The summed E-state index contributed by atoms with van der Waals surface area (Å²) in [6, 6.07) is 2.96. The third kappa shape index (κ3) is 2.83. The van der Waals surface area contributed by atoms with Crippen LogP contribution in [0.3, 0.4) is 0 Å². The molecule has 1 aliphatic heterocycles. The van der Waals surface area contributed by atoms with Crippen molar-refractivity contribution >= 4 is 21.6 Å². The Morgan fingerprint density at radius 1 is 1.56 bits per heavy atom. The van der Waals surface area contributed by atoms with Gasteiger partial charge >= 0.3 is 0 Å². The Balaban J connectivity index is 2.15. The molecule has 2 heterocycles. The minimum Gasteiger partial charge on any atom is -0.384 e. The molecule has 1 atom stereocenters. The lowest BCUT2D eigenvalue weighted by atomic mass is 10.1. The van der Waals surface area contributed by atoms with Crippen molar-refractivity contribution < 1.29 is 13.2 Å². The number of halogens is 1. The second-order valence-electron chi connectivity index (χ2n) is 4.29. The highest BCUT2D eigenvalue weighted by molar-refractivity contribution is 7.89. The van der Waals surface area contributed by atoms with Crippen LogP contribution in [0, 0.1) is 5.92 Å². The Morgan fingerprint density at radius 2 is 2.33 bits per heavy atom. The van der Waals surface area contributed by atoms with E-state index in [0.717, 1.165) is 6.42 Å². The fourth-order valence-electron chi connectivity index (χ4n) is 2.05. The number of rotatable bonds is 4. The number of methoxy groups -OCH3 is 1. The van der Waals surface area contributed by atoms with E-state index < -0.39 is 10.0 Å². The molecule has 1 aromatic rings. The third-order valence-corrected chi connectivity index (χ3v) is 5.06. The highest BCUT2D eigenvalue weighted by atomic mass is 35.5. The zero-order valence-electron chi connectivity index (χ0n) is 10.0. The van der Waals surface area contributed by atoms with Crippen LogP contribution < -0.4 is 0 Å². The standard InChI is InChI=1S/C11H15ClN2O3S/c1-17-8-9-4-5-14(7-9)18(15,16)10-2-3-11(12)13-6-10/h2-3,6,9H,4-5,7-8H2,1H3. The fourth-order valence-corrected chi connectivity index (χ4v) is 3.64. The molecule has 0 aromatic carbocycles. The van der Waals surface area contributed by atoms with Crippen molar-refractivity contribution in [1.29, 1.82) is 0 Å². The second-order valence-corrected chi connectivity index (χ2v) is 6.61. The van der Waals surface area contributed by atoms with Crippen molar-refractivity contribution in [3.8, 4) is 0 Å². The summed E-state index contributed by atoms with van der Waals surface area (Å²) < 4.78 is 31.1. The van der Waals surface area contributed by atoms with E-state index in [0.29, 0.717) is 19.7 Å². The lowest BCUT2D eigenvalue weighted by Crippen LogP contribution is -2.29. The van der Waals surface area contributed by atoms with E-state index >= 15 is 0 Å². The van der Waals surface area contributed by atoms with Crippen LogP contribution in [0.4, 0.5) is 0 Å². The average molecular weight is 291 g/mol. The molecule has 18 heavy (non-hydrogen) atoms. The number of hydrogen-bond donors (Lipinski definition) is 0. The van der Waals surface area contributed by atoms with E-state index in [1.165, 1.54) is 22.6 Å². The first-order chi connectivity index (χ1) is 8.54. The molecule has 0 saturated carbocycles. The summed E-state index contributed by atoms with van der Waals surface area (Å²) in [6.45, 7) is 1.61. The predicted molar refractivity (Wildman–Crippen MR) is 68.0 cm³/mol. The molecule has 1 unspecified atom stereocenters. The molecule has 100 valence electrons. The van der Waals surface area contributed by atoms with Gasteiger partial charge in [0.25, 0.3) is 0 Å². The Labute approximate surface area is 112 Å². The highest BCUT2D eigenvalue weighted by Crippen LogP contribution is 2.24. The number of pyridine rings is 1. The molecular formula is C11H15ClN2O3S. The van der Waals surface area contributed by atoms with Gasteiger partial charge in [-0.05, 0) is 24.5 Å². The molecule has 5 nitrogen and oxygen atoms in total. The number of ether oxygens (including phenoxy) is 1. The van der Waals surface area contributed by atoms with Gasteiger partial charge in [-0.1, -0.05) is 11.6 Å². The van der Waals surface area contributed by atoms with Gasteiger partial charge in [0.2, 0.25) is 10.0 Å². The monoisotopic (exact) mass is 290 g/mol. The normalized spacial score (nSPS) is 21.3. The van der Waals surface area contributed by atoms with Crippen LogP contribution in [-0.2, 0) is 14.8 Å². The van der Waals surface area contributed by atoms with Crippen LogP contribution >= 0.6 is 11.6 Å². The Hall–Kier alpha value is -0.690. The van der Waals surface area contributed by atoms with Gasteiger partial charge in [0.05, 0.1) is 6.61 Å². The molecule has 1 aliphatic rings. The van der Waals surface area contributed by atoms with E-state index in [2.05, 4.69) is 4.98 Å². The Kier molecular flexibility index (Phi) is 4.21. The predicted octanol–water partition coefficient (Wildman–Crippen LogP) is 1.39. The summed E-state index contributed by atoms with van der Waals surface area (Å²) in [5.41, 5.74) is 0. The van der Waals surface area contributed by atoms with Crippen molar-refractivity contribution in [2.45, 2.75) is 11.3 Å². The molecule has 1 saturated heterocycles. The SMILES string of the molecule is COCC1CCN(S(=O)(=O)c2ccc(Cl)nc2)C1. The molecule has 0 amide bonds. The van der Waals surface area contributed by atoms with Gasteiger partial charge in [-0.25, -0.2) is 13.4 Å². The topological polar surface area (TPSA) is 59.5 Å². The first kappa shape index (κ1) is 13.7. The van der Waals surface area contributed by atoms with Gasteiger partial charge in [0, 0.05) is 26.4 Å². The molecule has 0 aliphatic carbocycles. The van der Waals surface area contributed by atoms with Crippen molar-refractivity contribution in [1.82, 2.24) is 9.29 Å². The van der Waals surface area contributed by atoms with Crippen LogP contribution in [0.5, 0.6) is 0 Å². The van der Waals surface area contributed by atoms with Gasteiger partial charge in [-0.2, -0.15) is 4.31 Å². The van der Waals surface area contributed by atoms with E-state index in [9.17, 15) is 8.42 Å². The minimum absolute atomic E-state index is 0.185. The zero-order chi connectivity index (χ0) is 13.2. The number of nitrogens with zero attached hydrogens (tertiary/aromatic N) is 2. The smallest absolute Gasteiger partial charge is 0.244 e. The van der Waals surface area contributed by atoms with Gasteiger partial charge in [0.15, 0.2) is 0 Å². The van der Waals surface area contributed by atoms with Crippen LogP contribution in [0.25, 0.3) is 0 Å². The fraction of sp³-hybridized carbons (Fsp3) is 0.545. The van der Waals surface area contributed by atoms with Crippen LogP contribution in [0.1, 0.15) is 6.42 Å². The summed E-state index contributed by atoms with van der Waals surface area (Å²) in [5, 5.41) is 0.285. The van der Waals surface area contributed by atoms with Crippen molar-refractivity contribution in [2.24, 2.45) is 5.92 Å². The lowest BCUT2D eigenvalue weighted by Gasteiger charge is -2.16. The maximum atomic E-state index is 12.3. The third-order valence-electron chi connectivity index (χ3n) is 2.99. The minimum atomic E-state index is -3.45. The summed E-state index contributed by atoms with van der Waals surface area (Å²) in [5.74, 6) is 0.269. The maximum Gasteiger partial charge on any atom is 0.244 e. The summed E-state index contributed by atoms with van der Waals surface area (Å²) in [7, 11) is -1.82. The molecule has 1 aromatic heterocycles. The number of aromatic nitrogens is 1. The summed E-state index contributed by atoms with van der Waals surface area (Å²) in [6.07, 6.45) is 2.12. The average Bonchev–Trinajstić information content (AvgIpc) is 2.79. The molecule has 0 radical (unpaired) electrons. The first-order valence-electron chi connectivity index (χ1n) is 5.64. The maximum absolute atomic E-state index is 12.3. The van der Waals surface area contributed by atoms with Crippen LogP contribution in [-0.4, -0.2) is 44.5 Å². The molecule has 1 fully saturated rings. The van der Waals surface area contributed by atoms with E-state index in [-0.39, 0.29) is 16.0 Å². The highest BCUT2D eigenvalue weighted by Gasteiger charge is 2.32. The molecule has 2 rings (SSSR count). The molecule has 0 bridgehead atoms. The van der Waals surface area contributed by atoms with Crippen LogP contribution in [0.2, 0.25) is 5.15 Å². The van der Waals surface area contributed by atoms with Crippen molar-refractivity contribution in [3.05, 3.63) is 23.5 Å². The zero-order valence-corrected chi connectivity index (χ0v) is 11.6. The lowest BCUT2D eigenvalue weighted by molar-refractivity contribution is 0.157. The molecular weight excluding hydrogens is 276 g/mol. The second kappa shape index (κ2) is 5.52. The summed E-state index contributed by atoms with van der Waals surface area (Å²) in [4.78, 5) is 3.99. The van der Waals surface area contributed by atoms with Gasteiger partial charge in [0.1, 0.15) is 10.0 Å². The van der Waals surface area contributed by atoms with Crippen LogP contribution in [0.15, 0.2) is 23.2 Å². The van der Waals surface area contributed by atoms with Gasteiger partial charge in [-0.15, -0.1) is 0 Å². The number of hydrogen-bond acceptors (Lipinski definition) is 4. The van der Waals surface area contributed by atoms with E-state index in [4.69, 9.17) is 16.3 Å². The molecule has 0 spiro atoms. The quantitative estimate of drug-likeness (QED) is 0.786. The first-order valence-corrected chi connectivity index (χ1v) is 7.46. The molecule has 0 N–H and O–H groups in total. The van der Waals surface area contributed by atoms with Crippen molar-refractivity contribution in [2.75, 3.05) is 26.8 Å². The molecule has 7 heteroatoms. The number of sulfonamides is 1. The summed E-state index contributed by atoms with van der Waals surface area (Å²) >= 11 is 5.65.